The predicted molar refractivity (Wildman–Crippen MR) is 68.5 cm³/mol. The van der Waals surface area contributed by atoms with E-state index in [0.717, 1.165) is 9.21 Å². The summed E-state index contributed by atoms with van der Waals surface area (Å²) in [5, 5.41) is 9.08. The van der Waals surface area contributed by atoms with E-state index >= 15 is 0 Å². The molecule has 2 unspecified atom stereocenters. The molecule has 0 aromatic carbocycles. The van der Waals surface area contributed by atoms with E-state index in [-0.39, 0.29) is 6.04 Å². The second-order valence-electron chi connectivity index (χ2n) is 4.50. The Balaban J connectivity index is 2.08. The SMILES string of the molecule is CC(c1ccc(Cl)s1)N1CCC(N)(C(=O)O)C1. The van der Waals surface area contributed by atoms with Crippen molar-refractivity contribution < 1.29 is 9.90 Å². The summed E-state index contributed by atoms with van der Waals surface area (Å²) in [6.45, 7) is 3.15. The lowest BCUT2D eigenvalue weighted by Crippen LogP contribution is -2.50. The zero-order valence-electron chi connectivity index (χ0n) is 9.52. The third-order valence-electron chi connectivity index (χ3n) is 3.31. The van der Waals surface area contributed by atoms with Gasteiger partial charge in [-0.25, -0.2) is 0 Å². The summed E-state index contributed by atoms with van der Waals surface area (Å²) in [5.74, 6) is -0.920. The molecule has 3 N–H and O–H groups in total. The van der Waals surface area contributed by atoms with Gasteiger partial charge in [-0.1, -0.05) is 11.6 Å². The average molecular weight is 275 g/mol. The third kappa shape index (κ3) is 2.47. The molecule has 0 aliphatic carbocycles. The molecule has 2 heterocycles. The second-order valence-corrected chi connectivity index (χ2v) is 6.25. The van der Waals surface area contributed by atoms with Crippen molar-refractivity contribution in [3.05, 3.63) is 21.3 Å². The number of rotatable bonds is 3. The maximum Gasteiger partial charge on any atom is 0.325 e. The molecule has 1 aliphatic heterocycles. The Morgan fingerprint density at radius 1 is 1.71 bits per heavy atom. The fourth-order valence-corrected chi connectivity index (χ4v) is 3.25. The highest BCUT2D eigenvalue weighted by atomic mass is 35.5. The summed E-state index contributed by atoms with van der Waals surface area (Å²) >= 11 is 7.43. The van der Waals surface area contributed by atoms with Crippen LogP contribution < -0.4 is 5.73 Å². The van der Waals surface area contributed by atoms with Crippen molar-refractivity contribution in [2.75, 3.05) is 13.1 Å². The molecule has 6 heteroatoms. The molecule has 0 saturated carbocycles. The first-order chi connectivity index (χ1) is 7.92. The molecule has 1 fully saturated rings. The third-order valence-corrected chi connectivity index (χ3v) is 4.71. The van der Waals surface area contributed by atoms with E-state index in [9.17, 15) is 4.79 Å². The quantitative estimate of drug-likeness (QED) is 0.884. The van der Waals surface area contributed by atoms with E-state index in [4.69, 9.17) is 22.4 Å². The van der Waals surface area contributed by atoms with E-state index < -0.39 is 11.5 Å². The maximum absolute atomic E-state index is 11.1. The van der Waals surface area contributed by atoms with Crippen molar-refractivity contribution >= 4 is 28.9 Å². The summed E-state index contributed by atoms with van der Waals surface area (Å²) in [5.41, 5.74) is 4.75. The average Bonchev–Trinajstić information content (AvgIpc) is 2.85. The van der Waals surface area contributed by atoms with Crippen LogP contribution in [0.5, 0.6) is 0 Å². The van der Waals surface area contributed by atoms with Gasteiger partial charge in [-0.2, -0.15) is 0 Å². The highest BCUT2D eigenvalue weighted by Crippen LogP contribution is 2.33. The fraction of sp³-hybridized carbons (Fsp3) is 0.545. The van der Waals surface area contributed by atoms with E-state index in [0.29, 0.717) is 19.5 Å². The lowest BCUT2D eigenvalue weighted by molar-refractivity contribution is -0.142. The van der Waals surface area contributed by atoms with Crippen LogP contribution in [-0.2, 0) is 4.79 Å². The van der Waals surface area contributed by atoms with Crippen molar-refractivity contribution in [3.63, 3.8) is 0 Å². The molecule has 0 amide bonds. The highest BCUT2D eigenvalue weighted by Gasteiger charge is 2.42. The van der Waals surface area contributed by atoms with Crippen LogP contribution in [0.3, 0.4) is 0 Å². The van der Waals surface area contributed by atoms with Gasteiger partial charge in [0.2, 0.25) is 0 Å². The number of halogens is 1. The Bertz CT molecular complexity index is 437. The van der Waals surface area contributed by atoms with Gasteiger partial charge in [0.15, 0.2) is 0 Å². The number of likely N-dealkylation sites (tertiary alicyclic amines) is 1. The smallest absolute Gasteiger partial charge is 0.325 e. The van der Waals surface area contributed by atoms with Crippen LogP contribution in [0, 0.1) is 0 Å². The van der Waals surface area contributed by atoms with Crippen molar-refractivity contribution in [3.8, 4) is 0 Å². The first-order valence-electron chi connectivity index (χ1n) is 5.44. The molecule has 1 aromatic heterocycles. The maximum atomic E-state index is 11.1. The number of thiophene rings is 1. The summed E-state index contributed by atoms with van der Waals surface area (Å²) in [6, 6.07) is 4.01. The van der Waals surface area contributed by atoms with Crippen LogP contribution in [0.15, 0.2) is 12.1 Å². The molecule has 17 heavy (non-hydrogen) atoms. The largest absolute Gasteiger partial charge is 0.480 e. The van der Waals surface area contributed by atoms with Gasteiger partial charge in [-0.3, -0.25) is 9.69 Å². The van der Waals surface area contributed by atoms with Gasteiger partial charge < -0.3 is 10.8 Å². The summed E-state index contributed by atoms with van der Waals surface area (Å²) in [7, 11) is 0. The fourth-order valence-electron chi connectivity index (χ4n) is 2.10. The monoisotopic (exact) mass is 274 g/mol. The minimum atomic E-state index is -1.10. The molecule has 2 atom stereocenters. The van der Waals surface area contributed by atoms with Gasteiger partial charge >= 0.3 is 5.97 Å². The normalized spacial score (nSPS) is 27.2. The molecular weight excluding hydrogens is 260 g/mol. The molecular formula is C11H15ClN2O2S. The van der Waals surface area contributed by atoms with Crippen LogP contribution in [0.25, 0.3) is 0 Å². The summed E-state index contributed by atoms with van der Waals surface area (Å²) in [6.07, 6.45) is 0.492. The molecule has 4 nitrogen and oxygen atoms in total. The first-order valence-corrected chi connectivity index (χ1v) is 6.63. The van der Waals surface area contributed by atoms with Gasteiger partial charge in [0.05, 0.1) is 4.34 Å². The van der Waals surface area contributed by atoms with Crippen molar-refractivity contribution in [1.29, 1.82) is 0 Å². The van der Waals surface area contributed by atoms with Gasteiger partial charge in [-0.15, -0.1) is 11.3 Å². The number of nitrogens with zero attached hydrogens (tertiary/aromatic N) is 1. The Morgan fingerprint density at radius 2 is 2.41 bits per heavy atom. The van der Waals surface area contributed by atoms with Crippen LogP contribution in [-0.4, -0.2) is 34.6 Å². The molecule has 94 valence electrons. The number of carboxylic acid groups (broad SMARTS) is 1. The van der Waals surface area contributed by atoms with Crippen LogP contribution in [0.1, 0.15) is 24.3 Å². The Labute approximate surface area is 109 Å². The molecule has 0 bridgehead atoms. The van der Waals surface area contributed by atoms with E-state index in [1.807, 2.05) is 12.1 Å². The van der Waals surface area contributed by atoms with E-state index in [1.54, 1.807) is 0 Å². The van der Waals surface area contributed by atoms with Crippen LogP contribution >= 0.6 is 22.9 Å². The van der Waals surface area contributed by atoms with Gasteiger partial charge in [-0.05, 0) is 25.5 Å². The Kier molecular flexibility index (Phi) is 3.45. The molecule has 1 aliphatic rings. The van der Waals surface area contributed by atoms with Crippen LogP contribution in [0.4, 0.5) is 0 Å². The minimum absolute atomic E-state index is 0.164. The topological polar surface area (TPSA) is 66.6 Å². The van der Waals surface area contributed by atoms with E-state index in [2.05, 4.69) is 11.8 Å². The number of hydrogen-bond donors (Lipinski definition) is 2. The molecule has 2 rings (SSSR count). The zero-order chi connectivity index (χ0) is 12.6. The molecule has 0 spiro atoms. The molecule has 1 aromatic rings. The Morgan fingerprint density at radius 3 is 2.88 bits per heavy atom. The van der Waals surface area contributed by atoms with Gasteiger partial charge in [0, 0.05) is 24.0 Å². The van der Waals surface area contributed by atoms with Crippen molar-refractivity contribution in [2.24, 2.45) is 5.73 Å². The molecule has 1 saturated heterocycles. The first kappa shape index (κ1) is 12.8. The van der Waals surface area contributed by atoms with Gasteiger partial charge in [0.1, 0.15) is 5.54 Å². The number of carboxylic acids is 1. The Hall–Kier alpha value is -0.620. The van der Waals surface area contributed by atoms with E-state index in [1.165, 1.54) is 11.3 Å². The van der Waals surface area contributed by atoms with Gasteiger partial charge in [0.25, 0.3) is 0 Å². The van der Waals surface area contributed by atoms with Crippen molar-refractivity contribution in [2.45, 2.75) is 24.9 Å². The summed E-state index contributed by atoms with van der Waals surface area (Å²) in [4.78, 5) is 14.3. The second kappa shape index (κ2) is 4.57. The predicted octanol–water partition coefficient (Wildman–Crippen LogP) is 1.95. The highest BCUT2D eigenvalue weighted by molar-refractivity contribution is 7.16. The molecule has 0 radical (unpaired) electrons. The lowest BCUT2D eigenvalue weighted by Gasteiger charge is -2.25. The zero-order valence-corrected chi connectivity index (χ0v) is 11.1. The lowest BCUT2D eigenvalue weighted by atomic mass is 10.0. The number of aliphatic carboxylic acids is 1. The number of carbonyl (C=O) groups is 1. The standard InChI is InChI=1S/C11H15ClN2O2S/c1-7(8-2-3-9(12)17-8)14-5-4-11(13,6-14)10(15)16/h2-3,7H,4-6,13H2,1H3,(H,15,16). The number of hydrogen-bond acceptors (Lipinski definition) is 4. The van der Waals surface area contributed by atoms with Crippen molar-refractivity contribution in [1.82, 2.24) is 4.90 Å². The minimum Gasteiger partial charge on any atom is -0.480 e. The van der Waals surface area contributed by atoms with Crippen LogP contribution in [0.2, 0.25) is 4.34 Å². The summed E-state index contributed by atoms with van der Waals surface area (Å²) < 4.78 is 0.753. The number of nitrogens with two attached hydrogens (primary N) is 1.